The normalized spacial score (nSPS) is 14.4. The van der Waals surface area contributed by atoms with Crippen LogP contribution in [0.4, 0.5) is 0 Å². The molecule has 0 unspecified atom stereocenters. The monoisotopic (exact) mass is 411 g/mol. The van der Waals surface area contributed by atoms with E-state index in [9.17, 15) is 13.5 Å². The van der Waals surface area contributed by atoms with Crippen LogP contribution in [0.5, 0.6) is 0 Å². The minimum atomic E-state index is -3.84. The molecule has 0 aliphatic heterocycles. The van der Waals surface area contributed by atoms with Crippen LogP contribution >= 0.6 is 15.9 Å². The van der Waals surface area contributed by atoms with E-state index in [4.69, 9.17) is 8.83 Å². The van der Waals surface area contributed by atoms with Crippen molar-refractivity contribution in [3.8, 4) is 0 Å². The Labute approximate surface area is 147 Å². The summed E-state index contributed by atoms with van der Waals surface area (Å²) < 4.78 is 38.2. The molecule has 0 bridgehead atoms. The van der Waals surface area contributed by atoms with E-state index in [0.717, 1.165) is 0 Å². The van der Waals surface area contributed by atoms with Crippen molar-refractivity contribution < 1.29 is 22.4 Å². The minimum Gasteiger partial charge on any atom is -0.472 e. The molecule has 126 valence electrons. The van der Waals surface area contributed by atoms with Crippen molar-refractivity contribution >= 4 is 26.0 Å². The highest BCUT2D eigenvalue weighted by atomic mass is 79.9. The van der Waals surface area contributed by atoms with Gasteiger partial charge in [-0.2, -0.15) is 0 Å². The van der Waals surface area contributed by atoms with Crippen molar-refractivity contribution in [1.82, 2.24) is 4.72 Å². The van der Waals surface area contributed by atoms with Crippen LogP contribution < -0.4 is 4.72 Å². The first kappa shape index (κ1) is 17.0. The molecule has 3 aromatic rings. The van der Waals surface area contributed by atoms with Crippen LogP contribution in [0, 0.1) is 0 Å². The van der Waals surface area contributed by atoms with Crippen LogP contribution in [-0.2, 0) is 15.6 Å². The molecular formula is C16H14BrNO5S. The Kier molecular flexibility index (Phi) is 4.64. The van der Waals surface area contributed by atoms with E-state index in [-0.39, 0.29) is 17.2 Å². The summed E-state index contributed by atoms with van der Waals surface area (Å²) in [6, 6.07) is 11.2. The van der Waals surface area contributed by atoms with Crippen LogP contribution in [0.25, 0.3) is 0 Å². The van der Waals surface area contributed by atoms with Crippen LogP contribution in [0.1, 0.15) is 11.3 Å². The summed E-state index contributed by atoms with van der Waals surface area (Å²) in [6.45, 7) is -0.316. The SMILES string of the molecule is O=S(=O)(NC[C@@](O)(c1ccoc1)c1ccco1)c1ccccc1Br. The standard InChI is InChI=1S/C16H14BrNO5S/c17-13-4-1-2-5-14(13)24(20,21)18-11-16(19,12-7-9-22-10-12)15-6-3-8-23-15/h1-10,18-19H,11H2/t16-/m1/s1. The van der Waals surface area contributed by atoms with Gasteiger partial charge in [-0.3, -0.25) is 0 Å². The third kappa shape index (κ3) is 3.18. The van der Waals surface area contributed by atoms with Crippen molar-refractivity contribution in [1.29, 1.82) is 0 Å². The number of rotatable bonds is 6. The average Bonchev–Trinajstić information content (AvgIpc) is 3.26. The number of benzene rings is 1. The van der Waals surface area contributed by atoms with Crippen molar-refractivity contribution in [3.05, 3.63) is 77.1 Å². The Morgan fingerprint density at radius 3 is 2.54 bits per heavy atom. The Balaban J connectivity index is 1.92. The number of sulfonamides is 1. The van der Waals surface area contributed by atoms with Gasteiger partial charge in [0.1, 0.15) is 5.76 Å². The van der Waals surface area contributed by atoms with E-state index in [2.05, 4.69) is 20.7 Å². The molecule has 8 heteroatoms. The molecule has 2 heterocycles. The van der Waals surface area contributed by atoms with E-state index >= 15 is 0 Å². The topological polar surface area (TPSA) is 92.7 Å². The Bertz CT molecular complexity index is 870. The minimum absolute atomic E-state index is 0.0824. The smallest absolute Gasteiger partial charge is 0.241 e. The lowest BCUT2D eigenvalue weighted by molar-refractivity contribution is 0.0613. The van der Waals surface area contributed by atoms with Crippen LogP contribution in [0.15, 0.2) is 79.5 Å². The van der Waals surface area contributed by atoms with Gasteiger partial charge >= 0.3 is 0 Å². The van der Waals surface area contributed by atoms with Gasteiger partial charge in [0.05, 0.1) is 30.2 Å². The summed E-state index contributed by atoms with van der Waals surface area (Å²) in [6.07, 6.45) is 4.14. The maximum atomic E-state index is 12.5. The number of furan rings is 2. The van der Waals surface area contributed by atoms with Crippen LogP contribution in [0.3, 0.4) is 0 Å². The second-order valence-electron chi connectivity index (χ2n) is 5.10. The molecule has 0 aliphatic carbocycles. The molecule has 0 aliphatic rings. The summed E-state index contributed by atoms with van der Waals surface area (Å²) in [7, 11) is -3.84. The summed E-state index contributed by atoms with van der Waals surface area (Å²) >= 11 is 3.21. The first-order valence-corrected chi connectivity index (χ1v) is 9.24. The van der Waals surface area contributed by atoms with Gasteiger partial charge in [-0.1, -0.05) is 12.1 Å². The number of hydrogen-bond donors (Lipinski definition) is 2. The zero-order valence-corrected chi connectivity index (χ0v) is 14.7. The number of halogens is 1. The molecule has 2 aromatic heterocycles. The van der Waals surface area contributed by atoms with Gasteiger partial charge in [0.15, 0.2) is 5.60 Å². The fourth-order valence-electron chi connectivity index (χ4n) is 2.29. The Morgan fingerprint density at radius 1 is 1.12 bits per heavy atom. The maximum Gasteiger partial charge on any atom is 0.241 e. The highest BCUT2D eigenvalue weighted by Crippen LogP contribution is 2.30. The largest absolute Gasteiger partial charge is 0.472 e. The molecule has 0 saturated heterocycles. The highest BCUT2D eigenvalue weighted by Gasteiger charge is 2.37. The zero-order valence-electron chi connectivity index (χ0n) is 12.3. The lowest BCUT2D eigenvalue weighted by Crippen LogP contribution is -2.41. The number of hydrogen-bond acceptors (Lipinski definition) is 5. The molecule has 0 saturated carbocycles. The van der Waals surface area contributed by atoms with Crippen LogP contribution in [-0.4, -0.2) is 20.1 Å². The molecule has 24 heavy (non-hydrogen) atoms. The fraction of sp³-hybridized carbons (Fsp3) is 0.125. The lowest BCUT2D eigenvalue weighted by atomic mass is 9.94. The molecule has 0 amide bonds. The molecule has 0 radical (unpaired) electrons. The second-order valence-corrected chi connectivity index (χ2v) is 7.69. The molecule has 1 aromatic carbocycles. The Hall–Kier alpha value is -1.87. The number of nitrogens with one attached hydrogen (secondary N) is 1. The van der Waals surface area contributed by atoms with E-state index < -0.39 is 15.6 Å². The van der Waals surface area contributed by atoms with Gasteiger partial charge in [0, 0.05) is 10.0 Å². The molecule has 1 atom stereocenters. The molecule has 0 fully saturated rings. The second kappa shape index (κ2) is 6.56. The van der Waals surface area contributed by atoms with E-state index in [0.29, 0.717) is 10.0 Å². The Morgan fingerprint density at radius 2 is 1.92 bits per heavy atom. The highest BCUT2D eigenvalue weighted by molar-refractivity contribution is 9.10. The van der Waals surface area contributed by atoms with Gasteiger partial charge in [0.2, 0.25) is 10.0 Å². The van der Waals surface area contributed by atoms with E-state index in [1.165, 1.54) is 24.9 Å². The predicted molar refractivity (Wildman–Crippen MR) is 89.7 cm³/mol. The maximum absolute atomic E-state index is 12.5. The van der Waals surface area contributed by atoms with Crippen molar-refractivity contribution in [2.75, 3.05) is 6.54 Å². The lowest BCUT2D eigenvalue weighted by Gasteiger charge is -2.25. The van der Waals surface area contributed by atoms with E-state index in [1.807, 2.05) is 0 Å². The number of aliphatic hydroxyl groups is 1. The molecule has 3 rings (SSSR count). The molecule has 6 nitrogen and oxygen atoms in total. The summed E-state index contributed by atoms with van der Waals surface area (Å²) in [5, 5.41) is 11.0. The van der Waals surface area contributed by atoms with Gasteiger partial charge in [-0.15, -0.1) is 0 Å². The summed E-state index contributed by atoms with van der Waals surface area (Å²) in [5.41, 5.74) is -1.31. The van der Waals surface area contributed by atoms with Crippen molar-refractivity contribution in [2.24, 2.45) is 0 Å². The predicted octanol–water partition coefficient (Wildman–Crippen LogP) is 2.85. The van der Waals surface area contributed by atoms with Gasteiger partial charge < -0.3 is 13.9 Å². The summed E-state index contributed by atoms with van der Waals surface area (Å²) in [5.74, 6) is 0.207. The molecule has 0 spiro atoms. The van der Waals surface area contributed by atoms with Crippen molar-refractivity contribution in [3.63, 3.8) is 0 Å². The van der Waals surface area contributed by atoms with Gasteiger partial charge in [-0.05, 0) is 46.3 Å². The summed E-state index contributed by atoms with van der Waals surface area (Å²) in [4.78, 5) is 0.0824. The van der Waals surface area contributed by atoms with Gasteiger partial charge in [-0.25, -0.2) is 13.1 Å². The first-order chi connectivity index (χ1) is 11.4. The van der Waals surface area contributed by atoms with Gasteiger partial charge in [0.25, 0.3) is 0 Å². The van der Waals surface area contributed by atoms with Crippen molar-refractivity contribution in [2.45, 2.75) is 10.5 Å². The zero-order chi connectivity index (χ0) is 17.2. The quantitative estimate of drug-likeness (QED) is 0.650. The fourth-order valence-corrected chi connectivity index (χ4v) is 4.35. The van der Waals surface area contributed by atoms with Crippen LogP contribution in [0.2, 0.25) is 0 Å². The third-order valence-corrected chi connectivity index (χ3v) is 5.99. The average molecular weight is 412 g/mol. The third-order valence-electron chi connectivity index (χ3n) is 3.57. The molecular weight excluding hydrogens is 398 g/mol. The first-order valence-electron chi connectivity index (χ1n) is 6.97. The van der Waals surface area contributed by atoms with E-state index in [1.54, 1.807) is 36.4 Å². The molecule has 2 N–H and O–H groups in total.